The molecule has 94 valence electrons. The Morgan fingerprint density at radius 1 is 1.29 bits per heavy atom. The van der Waals surface area contributed by atoms with Gasteiger partial charge in [0.15, 0.2) is 0 Å². The topological polar surface area (TPSA) is 55.1 Å². The van der Waals surface area contributed by atoms with Crippen LogP contribution in [-0.2, 0) is 4.79 Å². The van der Waals surface area contributed by atoms with E-state index in [0.29, 0.717) is 6.54 Å². The molecule has 0 radical (unpaired) electrons. The maximum Gasteiger partial charge on any atom is 0.223 e. The lowest BCUT2D eigenvalue weighted by Gasteiger charge is -2.17. The number of nitrogens with two attached hydrogens (primary N) is 1. The van der Waals surface area contributed by atoms with Gasteiger partial charge in [-0.2, -0.15) is 0 Å². The number of hydrogen-bond acceptors (Lipinski definition) is 2. The molecular formula is C14H22N2O. The number of nitrogens with one attached hydrogen (secondary N) is 1. The summed E-state index contributed by atoms with van der Waals surface area (Å²) < 4.78 is 0. The van der Waals surface area contributed by atoms with Crippen LogP contribution < -0.4 is 11.1 Å². The van der Waals surface area contributed by atoms with Crippen LogP contribution in [-0.4, -0.2) is 12.5 Å². The second-order valence-corrected chi connectivity index (χ2v) is 4.62. The van der Waals surface area contributed by atoms with E-state index in [2.05, 4.69) is 24.4 Å². The molecular weight excluding hydrogens is 212 g/mol. The molecule has 0 aliphatic heterocycles. The molecule has 3 heteroatoms. The molecule has 0 aliphatic rings. The highest BCUT2D eigenvalue weighted by Crippen LogP contribution is 2.14. The second kappa shape index (κ2) is 6.40. The highest BCUT2D eigenvalue weighted by Gasteiger charge is 2.15. The molecule has 1 aromatic carbocycles. The van der Waals surface area contributed by atoms with Crippen LogP contribution in [0.15, 0.2) is 24.3 Å². The van der Waals surface area contributed by atoms with Crippen LogP contribution >= 0.6 is 0 Å². The van der Waals surface area contributed by atoms with Gasteiger partial charge in [-0.1, -0.05) is 36.8 Å². The number of benzene rings is 1. The van der Waals surface area contributed by atoms with Gasteiger partial charge in [0, 0.05) is 5.92 Å². The molecule has 0 aliphatic carbocycles. The summed E-state index contributed by atoms with van der Waals surface area (Å²) in [6.45, 7) is 6.51. The van der Waals surface area contributed by atoms with Gasteiger partial charge in [0.05, 0.1) is 6.04 Å². The lowest BCUT2D eigenvalue weighted by atomic mass is 10.0. The van der Waals surface area contributed by atoms with Crippen LogP contribution in [0.3, 0.4) is 0 Å². The van der Waals surface area contributed by atoms with Gasteiger partial charge in [0.2, 0.25) is 5.91 Å². The summed E-state index contributed by atoms with van der Waals surface area (Å²) in [6, 6.07) is 8.26. The van der Waals surface area contributed by atoms with Gasteiger partial charge in [-0.25, -0.2) is 0 Å². The number of amides is 1. The fraction of sp³-hybridized carbons (Fsp3) is 0.500. The van der Waals surface area contributed by atoms with Gasteiger partial charge in [0.1, 0.15) is 0 Å². The van der Waals surface area contributed by atoms with Crippen LogP contribution in [0.2, 0.25) is 0 Å². The van der Waals surface area contributed by atoms with E-state index in [1.807, 2.05) is 26.0 Å². The molecule has 1 aromatic rings. The Labute approximate surface area is 103 Å². The molecule has 0 heterocycles. The first-order chi connectivity index (χ1) is 8.04. The molecule has 0 saturated heterocycles. The Bertz CT molecular complexity index is 359. The normalized spacial score (nSPS) is 14.1. The SMILES string of the molecule is Cc1ccc([C@@H](C)NC(=O)C(C)CCN)cc1. The average molecular weight is 234 g/mol. The number of hydrogen-bond donors (Lipinski definition) is 2. The third-order valence-electron chi connectivity index (χ3n) is 2.98. The van der Waals surface area contributed by atoms with E-state index < -0.39 is 0 Å². The molecule has 3 N–H and O–H groups in total. The summed E-state index contributed by atoms with van der Waals surface area (Å²) >= 11 is 0. The zero-order chi connectivity index (χ0) is 12.8. The fourth-order valence-corrected chi connectivity index (χ4v) is 1.68. The molecule has 0 bridgehead atoms. The quantitative estimate of drug-likeness (QED) is 0.820. The van der Waals surface area contributed by atoms with Gasteiger partial charge < -0.3 is 11.1 Å². The van der Waals surface area contributed by atoms with Gasteiger partial charge in [0.25, 0.3) is 0 Å². The van der Waals surface area contributed by atoms with E-state index in [0.717, 1.165) is 12.0 Å². The van der Waals surface area contributed by atoms with Crippen molar-refractivity contribution in [3.8, 4) is 0 Å². The predicted octanol–water partition coefficient (Wildman–Crippen LogP) is 2.16. The number of aryl methyl sites for hydroxylation is 1. The maximum absolute atomic E-state index is 11.8. The zero-order valence-corrected chi connectivity index (χ0v) is 10.9. The van der Waals surface area contributed by atoms with Crippen molar-refractivity contribution < 1.29 is 4.79 Å². The summed E-state index contributed by atoms with van der Waals surface area (Å²) in [5.74, 6) is 0.0522. The zero-order valence-electron chi connectivity index (χ0n) is 10.9. The van der Waals surface area contributed by atoms with Crippen molar-refractivity contribution in [2.75, 3.05) is 6.54 Å². The second-order valence-electron chi connectivity index (χ2n) is 4.62. The van der Waals surface area contributed by atoms with Crippen molar-refractivity contribution in [3.63, 3.8) is 0 Å². The lowest BCUT2D eigenvalue weighted by Crippen LogP contribution is -2.32. The van der Waals surface area contributed by atoms with Crippen LogP contribution in [0.5, 0.6) is 0 Å². The fourth-order valence-electron chi connectivity index (χ4n) is 1.68. The van der Waals surface area contributed by atoms with Crippen molar-refractivity contribution in [1.82, 2.24) is 5.32 Å². The monoisotopic (exact) mass is 234 g/mol. The third-order valence-corrected chi connectivity index (χ3v) is 2.98. The Hall–Kier alpha value is -1.35. The lowest BCUT2D eigenvalue weighted by molar-refractivity contribution is -0.125. The Kier molecular flexibility index (Phi) is 5.16. The first-order valence-electron chi connectivity index (χ1n) is 6.11. The average Bonchev–Trinajstić information content (AvgIpc) is 2.30. The molecule has 17 heavy (non-hydrogen) atoms. The summed E-state index contributed by atoms with van der Waals surface area (Å²) in [4.78, 5) is 11.8. The summed E-state index contributed by atoms with van der Waals surface area (Å²) in [7, 11) is 0. The van der Waals surface area contributed by atoms with Gasteiger partial charge in [-0.3, -0.25) is 4.79 Å². The van der Waals surface area contributed by atoms with Crippen molar-refractivity contribution >= 4 is 5.91 Å². The predicted molar refractivity (Wildman–Crippen MR) is 70.6 cm³/mol. The summed E-state index contributed by atoms with van der Waals surface area (Å²) in [5.41, 5.74) is 7.80. The summed E-state index contributed by atoms with van der Waals surface area (Å²) in [5, 5.41) is 3.01. The number of carbonyl (C=O) groups excluding carboxylic acids is 1. The molecule has 0 spiro atoms. The van der Waals surface area contributed by atoms with Gasteiger partial charge in [-0.15, -0.1) is 0 Å². The van der Waals surface area contributed by atoms with Crippen molar-refractivity contribution in [2.24, 2.45) is 11.7 Å². The van der Waals surface area contributed by atoms with Crippen LogP contribution in [0, 0.1) is 12.8 Å². The largest absolute Gasteiger partial charge is 0.349 e. The van der Waals surface area contributed by atoms with E-state index in [1.54, 1.807) is 0 Å². The van der Waals surface area contributed by atoms with Crippen LogP contribution in [0.4, 0.5) is 0 Å². The minimum absolute atomic E-state index is 0.0205. The molecule has 2 atom stereocenters. The number of rotatable bonds is 5. The van der Waals surface area contributed by atoms with E-state index in [-0.39, 0.29) is 17.9 Å². The number of carbonyl (C=O) groups is 1. The van der Waals surface area contributed by atoms with E-state index >= 15 is 0 Å². The van der Waals surface area contributed by atoms with E-state index in [4.69, 9.17) is 5.73 Å². The molecule has 0 saturated carbocycles. The standard InChI is InChI=1S/C14H22N2O/c1-10-4-6-13(7-5-10)12(3)16-14(17)11(2)8-9-15/h4-7,11-12H,8-9,15H2,1-3H3,(H,16,17)/t11?,12-/m1/s1. The van der Waals surface area contributed by atoms with Crippen LogP contribution in [0.1, 0.15) is 37.4 Å². The Morgan fingerprint density at radius 3 is 2.41 bits per heavy atom. The third kappa shape index (κ3) is 4.19. The Morgan fingerprint density at radius 2 is 1.88 bits per heavy atom. The van der Waals surface area contributed by atoms with E-state index in [1.165, 1.54) is 5.56 Å². The molecule has 3 nitrogen and oxygen atoms in total. The van der Waals surface area contributed by atoms with Crippen LogP contribution in [0.25, 0.3) is 0 Å². The smallest absolute Gasteiger partial charge is 0.223 e. The Balaban J connectivity index is 2.57. The maximum atomic E-state index is 11.8. The molecule has 0 fully saturated rings. The molecule has 1 unspecified atom stereocenters. The first-order valence-corrected chi connectivity index (χ1v) is 6.11. The van der Waals surface area contributed by atoms with Crippen molar-refractivity contribution in [1.29, 1.82) is 0 Å². The molecule has 1 amide bonds. The molecule has 0 aromatic heterocycles. The van der Waals surface area contributed by atoms with E-state index in [9.17, 15) is 4.79 Å². The van der Waals surface area contributed by atoms with Gasteiger partial charge in [-0.05, 0) is 32.4 Å². The van der Waals surface area contributed by atoms with Crippen molar-refractivity contribution in [3.05, 3.63) is 35.4 Å². The van der Waals surface area contributed by atoms with Gasteiger partial charge >= 0.3 is 0 Å². The minimum Gasteiger partial charge on any atom is -0.349 e. The van der Waals surface area contributed by atoms with Crippen molar-refractivity contribution in [2.45, 2.75) is 33.2 Å². The highest BCUT2D eigenvalue weighted by molar-refractivity contribution is 5.78. The highest BCUT2D eigenvalue weighted by atomic mass is 16.1. The first kappa shape index (κ1) is 13.7. The minimum atomic E-state index is -0.0205. The summed E-state index contributed by atoms with van der Waals surface area (Å²) in [6.07, 6.45) is 0.729. The molecule has 1 rings (SSSR count).